The predicted octanol–water partition coefficient (Wildman–Crippen LogP) is 1.23. The summed E-state index contributed by atoms with van der Waals surface area (Å²) in [7, 11) is 3.50. The molecular weight excluding hydrogens is 412 g/mol. The molecule has 2 aromatic heterocycles. The first-order valence-electron chi connectivity index (χ1n) is 10.5. The summed E-state index contributed by atoms with van der Waals surface area (Å²) in [4.78, 5) is 22.2. The smallest absolute Gasteiger partial charge is 0.410 e. The molecule has 0 atom stereocenters. The number of fused-ring (bicyclic) bond motifs is 1. The molecule has 1 aromatic carbocycles. The van der Waals surface area contributed by atoms with Crippen LogP contribution in [0, 0.1) is 0 Å². The van der Waals surface area contributed by atoms with Crippen LogP contribution in [0.4, 0.5) is 10.6 Å². The van der Waals surface area contributed by atoms with Crippen LogP contribution in [0.3, 0.4) is 0 Å². The number of likely N-dealkylation sites (tertiary alicyclic amines) is 1. The minimum Gasteiger partial charge on any atom is -0.493 e. The Balaban J connectivity index is 1.64. The largest absolute Gasteiger partial charge is 0.493 e. The van der Waals surface area contributed by atoms with E-state index >= 15 is 0 Å². The Labute approximate surface area is 185 Å². The molecule has 1 fully saturated rings. The highest BCUT2D eigenvalue weighted by Gasteiger charge is 2.21. The molecule has 3 aromatic rings. The Morgan fingerprint density at radius 1 is 1.22 bits per heavy atom. The Morgan fingerprint density at radius 2 is 2.00 bits per heavy atom. The second-order valence-corrected chi connectivity index (χ2v) is 7.72. The second-order valence-electron chi connectivity index (χ2n) is 7.72. The Bertz CT molecular complexity index is 1110. The lowest BCUT2D eigenvalue weighted by Gasteiger charge is -2.31. The lowest BCUT2D eigenvalue weighted by molar-refractivity contribution is 0.194. The highest BCUT2D eigenvalue weighted by atomic mass is 16.6. The summed E-state index contributed by atoms with van der Waals surface area (Å²) in [5.41, 5.74) is 13.4. The molecule has 1 saturated heterocycles. The number of amides is 1. The number of nitrogens with one attached hydrogen (secondary N) is 1. The van der Waals surface area contributed by atoms with Crippen LogP contribution in [0.1, 0.15) is 12.8 Å². The SMILES string of the molecule is CNC1CCN(CCn2nc(-c3ccc(OC(N)=O)c(OC)c3)c3c(N)ncnc32)CC1. The number of benzene rings is 1. The van der Waals surface area contributed by atoms with Crippen LogP contribution in [-0.4, -0.2) is 70.6 Å². The number of carbonyl (C=O) groups is 1. The van der Waals surface area contributed by atoms with Gasteiger partial charge in [-0.05, 0) is 51.2 Å². The van der Waals surface area contributed by atoms with Crippen molar-refractivity contribution in [1.29, 1.82) is 0 Å². The fraction of sp³-hybridized carbons (Fsp3) is 0.429. The monoisotopic (exact) mass is 440 g/mol. The molecule has 32 heavy (non-hydrogen) atoms. The van der Waals surface area contributed by atoms with Gasteiger partial charge >= 0.3 is 6.09 Å². The van der Waals surface area contributed by atoms with Gasteiger partial charge in [0.15, 0.2) is 17.1 Å². The van der Waals surface area contributed by atoms with Crippen molar-refractivity contribution in [3.63, 3.8) is 0 Å². The lowest BCUT2D eigenvalue weighted by Crippen LogP contribution is -2.42. The second kappa shape index (κ2) is 9.37. The summed E-state index contributed by atoms with van der Waals surface area (Å²) in [6.45, 7) is 3.64. The van der Waals surface area contributed by atoms with Gasteiger partial charge in [0.05, 0.1) is 19.0 Å². The zero-order valence-electron chi connectivity index (χ0n) is 18.2. The van der Waals surface area contributed by atoms with Gasteiger partial charge in [-0.1, -0.05) is 0 Å². The number of ether oxygens (including phenoxy) is 2. The fourth-order valence-corrected chi connectivity index (χ4v) is 4.08. The summed E-state index contributed by atoms with van der Waals surface area (Å²) < 4.78 is 12.2. The molecule has 0 radical (unpaired) electrons. The fourth-order valence-electron chi connectivity index (χ4n) is 4.08. The summed E-state index contributed by atoms with van der Waals surface area (Å²) >= 11 is 0. The number of methoxy groups -OCH3 is 1. The molecule has 1 aliphatic heterocycles. The summed E-state index contributed by atoms with van der Waals surface area (Å²) in [5, 5.41) is 8.84. The number of nitrogen functional groups attached to an aromatic ring is 1. The Morgan fingerprint density at radius 3 is 2.69 bits per heavy atom. The minimum atomic E-state index is -0.915. The quantitative estimate of drug-likeness (QED) is 0.493. The zero-order valence-corrected chi connectivity index (χ0v) is 18.2. The van der Waals surface area contributed by atoms with Crippen molar-refractivity contribution in [3.8, 4) is 22.8 Å². The molecule has 3 heterocycles. The van der Waals surface area contributed by atoms with E-state index in [4.69, 9.17) is 26.0 Å². The Hall–Kier alpha value is -3.44. The minimum absolute atomic E-state index is 0.224. The van der Waals surface area contributed by atoms with Gasteiger partial charge in [-0.25, -0.2) is 19.4 Å². The van der Waals surface area contributed by atoms with Crippen LogP contribution >= 0.6 is 0 Å². The van der Waals surface area contributed by atoms with Gasteiger partial charge in [0.2, 0.25) is 0 Å². The van der Waals surface area contributed by atoms with Crippen molar-refractivity contribution in [3.05, 3.63) is 24.5 Å². The van der Waals surface area contributed by atoms with E-state index in [0.29, 0.717) is 40.9 Å². The molecule has 4 rings (SSSR count). The molecule has 11 heteroatoms. The molecule has 0 aliphatic carbocycles. The van der Waals surface area contributed by atoms with Crippen LogP contribution in [0.15, 0.2) is 24.5 Å². The predicted molar refractivity (Wildman–Crippen MR) is 120 cm³/mol. The maximum Gasteiger partial charge on any atom is 0.410 e. The van der Waals surface area contributed by atoms with E-state index in [1.54, 1.807) is 18.2 Å². The van der Waals surface area contributed by atoms with Gasteiger partial charge in [0.25, 0.3) is 0 Å². The third kappa shape index (κ3) is 4.43. The molecule has 0 spiro atoms. The number of primary amides is 1. The topological polar surface area (TPSA) is 146 Å². The van der Waals surface area contributed by atoms with Crippen LogP contribution < -0.4 is 26.3 Å². The molecule has 0 unspecified atom stereocenters. The van der Waals surface area contributed by atoms with E-state index in [0.717, 1.165) is 38.0 Å². The van der Waals surface area contributed by atoms with Gasteiger partial charge in [-0.15, -0.1) is 0 Å². The first-order valence-corrected chi connectivity index (χ1v) is 10.5. The van der Waals surface area contributed by atoms with Crippen LogP contribution in [0.25, 0.3) is 22.3 Å². The third-order valence-electron chi connectivity index (χ3n) is 5.83. The molecule has 1 amide bonds. The van der Waals surface area contributed by atoms with Crippen LogP contribution in [0.2, 0.25) is 0 Å². The number of hydrogen-bond acceptors (Lipinski definition) is 9. The molecule has 0 bridgehead atoms. The first kappa shape index (κ1) is 21.8. The van der Waals surface area contributed by atoms with Gasteiger partial charge in [0.1, 0.15) is 17.8 Å². The van der Waals surface area contributed by atoms with Crippen molar-refractivity contribution in [2.75, 3.05) is 39.5 Å². The number of nitrogens with two attached hydrogens (primary N) is 2. The highest BCUT2D eigenvalue weighted by Crippen LogP contribution is 2.36. The van der Waals surface area contributed by atoms with E-state index in [9.17, 15) is 4.79 Å². The van der Waals surface area contributed by atoms with Crippen molar-refractivity contribution < 1.29 is 14.3 Å². The molecular formula is C21H28N8O3. The number of rotatable bonds is 7. The van der Waals surface area contributed by atoms with Crippen molar-refractivity contribution in [1.82, 2.24) is 30.0 Å². The van der Waals surface area contributed by atoms with Crippen molar-refractivity contribution >= 4 is 22.9 Å². The van der Waals surface area contributed by atoms with Crippen molar-refractivity contribution in [2.24, 2.45) is 5.73 Å². The van der Waals surface area contributed by atoms with E-state index in [2.05, 4.69) is 20.2 Å². The molecule has 1 aliphatic rings. The number of nitrogens with zero attached hydrogens (tertiary/aromatic N) is 5. The summed E-state index contributed by atoms with van der Waals surface area (Å²) in [5.74, 6) is 0.927. The van der Waals surface area contributed by atoms with Crippen LogP contribution in [0.5, 0.6) is 11.5 Å². The summed E-state index contributed by atoms with van der Waals surface area (Å²) in [6, 6.07) is 5.68. The molecule has 5 N–H and O–H groups in total. The number of carbonyl (C=O) groups excluding carboxylic acids is 1. The van der Waals surface area contributed by atoms with Gasteiger partial charge < -0.3 is 31.2 Å². The average Bonchev–Trinajstić information content (AvgIpc) is 3.18. The number of aromatic nitrogens is 4. The molecule has 0 saturated carbocycles. The normalized spacial score (nSPS) is 15.2. The standard InChI is InChI=1S/C21H28N8O3/c1-24-14-5-7-28(8-6-14)9-10-29-20-17(19(22)25-12-26-20)18(27-29)13-3-4-15(32-21(23)30)16(11-13)31-2/h3-4,11-12,14,24H,5-10H2,1-2H3,(H2,23,30)(H2,22,25,26). The maximum atomic E-state index is 11.1. The first-order chi connectivity index (χ1) is 15.5. The van der Waals surface area contributed by atoms with E-state index in [1.165, 1.54) is 13.4 Å². The average molecular weight is 441 g/mol. The van der Waals surface area contributed by atoms with Gasteiger partial charge in [-0.3, -0.25) is 0 Å². The molecule has 170 valence electrons. The number of hydrogen-bond donors (Lipinski definition) is 3. The van der Waals surface area contributed by atoms with Gasteiger partial charge in [0, 0.05) is 18.2 Å². The number of piperidine rings is 1. The van der Waals surface area contributed by atoms with E-state index in [1.807, 2.05) is 11.7 Å². The zero-order chi connectivity index (χ0) is 22.7. The molecule has 11 nitrogen and oxygen atoms in total. The highest BCUT2D eigenvalue weighted by molar-refractivity contribution is 5.98. The van der Waals surface area contributed by atoms with Gasteiger partial charge in [-0.2, -0.15) is 5.10 Å². The van der Waals surface area contributed by atoms with E-state index < -0.39 is 6.09 Å². The Kier molecular flexibility index (Phi) is 6.37. The lowest BCUT2D eigenvalue weighted by atomic mass is 10.1. The van der Waals surface area contributed by atoms with E-state index in [-0.39, 0.29) is 5.75 Å². The number of anilines is 1. The van der Waals surface area contributed by atoms with Crippen LogP contribution in [-0.2, 0) is 6.54 Å². The van der Waals surface area contributed by atoms with Crippen molar-refractivity contribution in [2.45, 2.75) is 25.4 Å². The summed E-state index contributed by atoms with van der Waals surface area (Å²) in [6.07, 6.45) is 2.80. The third-order valence-corrected chi connectivity index (χ3v) is 5.83. The maximum absolute atomic E-state index is 11.1.